The van der Waals surface area contributed by atoms with Crippen LogP contribution >= 0.6 is 0 Å². The quantitative estimate of drug-likeness (QED) is 0.153. The van der Waals surface area contributed by atoms with E-state index in [-0.39, 0.29) is 5.41 Å². The van der Waals surface area contributed by atoms with Gasteiger partial charge >= 0.3 is 0 Å². The molecular weight excluding hydrogens is 532 g/mol. The molecule has 0 saturated heterocycles. The molecule has 2 nitrogen and oxygen atoms in total. The fourth-order valence-corrected chi connectivity index (χ4v) is 6.62. The molecule has 3 aliphatic rings. The first-order valence-corrected chi connectivity index (χ1v) is 15.5. The van der Waals surface area contributed by atoms with Crippen molar-refractivity contribution in [1.82, 2.24) is 4.98 Å². The van der Waals surface area contributed by atoms with E-state index in [1.165, 1.54) is 44.2 Å². The van der Waals surface area contributed by atoms with Gasteiger partial charge in [-0.05, 0) is 112 Å². The van der Waals surface area contributed by atoms with E-state index in [2.05, 4.69) is 120 Å². The molecule has 3 aliphatic carbocycles. The van der Waals surface area contributed by atoms with Crippen molar-refractivity contribution in [3.8, 4) is 11.1 Å². The molecule has 0 bridgehead atoms. The minimum atomic E-state index is 0.119. The highest BCUT2D eigenvalue weighted by Crippen LogP contribution is 2.60. The summed E-state index contributed by atoms with van der Waals surface area (Å²) in [7, 11) is 0. The lowest BCUT2D eigenvalue weighted by atomic mass is 9.79. The van der Waals surface area contributed by atoms with Gasteiger partial charge in [0.15, 0.2) is 0 Å². The zero-order valence-electron chi connectivity index (χ0n) is 25.2. The third kappa shape index (κ3) is 5.40. The van der Waals surface area contributed by atoms with Crippen molar-refractivity contribution < 1.29 is 0 Å². The number of rotatable bonds is 8. The number of nitrogens with zero attached hydrogens (tertiary/aromatic N) is 2. The first-order chi connectivity index (χ1) is 21.6. The summed E-state index contributed by atoms with van der Waals surface area (Å²) in [5, 5.41) is 2.64. The molecule has 0 amide bonds. The van der Waals surface area contributed by atoms with Gasteiger partial charge in [0.05, 0.1) is 11.4 Å². The predicted octanol–water partition coefficient (Wildman–Crippen LogP) is 10.7. The molecule has 44 heavy (non-hydrogen) atoms. The Morgan fingerprint density at radius 2 is 1.77 bits per heavy atom. The highest BCUT2D eigenvalue weighted by Gasteiger charge is 2.50. The van der Waals surface area contributed by atoms with E-state index in [9.17, 15) is 0 Å². The van der Waals surface area contributed by atoms with Crippen LogP contribution in [0.3, 0.4) is 0 Å². The first-order valence-electron chi connectivity index (χ1n) is 15.5. The molecular formula is C42H36N2. The van der Waals surface area contributed by atoms with E-state index in [1.54, 1.807) is 6.21 Å². The maximum absolute atomic E-state index is 4.48. The number of benzene rings is 3. The normalized spacial score (nSPS) is 20.6. The molecule has 0 spiro atoms. The van der Waals surface area contributed by atoms with Crippen molar-refractivity contribution in [2.75, 3.05) is 0 Å². The molecule has 0 aliphatic heterocycles. The van der Waals surface area contributed by atoms with E-state index in [0.29, 0.717) is 5.92 Å². The number of hydrogen-bond donors (Lipinski definition) is 0. The van der Waals surface area contributed by atoms with Gasteiger partial charge in [0.1, 0.15) is 0 Å². The highest BCUT2D eigenvalue weighted by molar-refractivity contribution is 6.08. The minimum absolute atomic E-state index is 0.119. The van der Waals surface area contributed by atoms with Crippen LogP contribution in [0.4, 0.5) is 0 Å². The van der Waals surface area contributed by atoms with Crippen molar-refractivity contribution >= 4 is 40.8 Å². The summed E-state index contributed by atoms with van der Waals surface area (Å²) in [5.41, 5.74) is 11.2. The Hall–Kier alpha value is -5.08. The Bertz CT molecular complexity index is 1940. The van der Waals surface area contributed by atoms with E-state index in [4.69, 9.17) is 0 Å². The molecule has 1 fully saturated rings. The lowest BCUT2D eigenvalue weighted by molar-refractivity contribution is 0.789. The number of allylic oxidation sites excluding steroid dienone is 9. The van der Waals surface area contributed by atoms with E-state index in [1.807, 2.05) is 43.5 Å². The Morgan fingerprint density at radius 3 is 2.55 bits per heavy atom. The Morgan fingerprint density at radius 1 is 0.955 bits per heavy atom. The van der Waals surface area contributed by atoms with Gasteiger partial charge in [-0.1, -0.05) is 110 Å². The number of aromatic nitrogens is 1. The largest absolute Gasteiger partial charge is 0.258 e. The smallest absolute Gasteiger partial charge is 0.0626 e. The van der Waals surface area contributed by atoms with Crippen LogP contribution < -0.4 is 0 Å². The predicted molar refractivity (Wildman–Crippen MR) is 189 cm³/mol. The second-order valence-electron chi connectivity index (χ2n) is 11.8. The Balaban J connectivity index is 1.24. The second kappa shape index (κ2) is 11.9. The third-order valence-corrected chi connectivity index (χ3v) is 8.99. The van der Waals surface area contributed by atoms with Gasteiger partial charge in [0, 0.05) is 17.8 Å². The van der Waals surface area contributed by atoms with Crippen LogP contribution in [0, 0.1) is 11.3 Å². The second-order valence-corrected chi connectivity index (χ2v) is 11.8. The molecule has 7 rings (SSSR count). The zero-order chi connectivity index (χ0) is 29.9. The zero-order valence-corrected chi connectivity index (χ0v) is 25.2. The van der Waals surface area contributed by atoms with Gasteiger partial charge in [-0.15, -0.1) is 0 Å². The van der Waals surface area contributed by atoms with Gasteiger partial charge in [0.2, 0.25) is 0 Å². The van der Waals surface area contributed by atoms with Crippen LogP contribution in [0.2, 0.25) is 0 Å². The molecule has 0 N–H and O–H groups in total. The molecule has 214 valence electrons. The number of hydrogen-bond acceptors (Lipinski definition) is 2. The van der Waals surface area contributed by atoms with Crippen LogP contribution in [-0.2, 0) is 6.42 Å². The minimum Gasteiger partial charge on any atom is -0.258 e. The van der Waals surface area contributed by atoms with Gasteiger partial charge in [-0.25, -0.2) is 0 Å². The van der Waals surface area contributed by atoms with Crippen molar-refractivity contribution in [1.29, 1.82) is 0 Å². The molecule has 4 aromatic rings. The van der Waals surface area contributed by atoms with Crippen LogP contribution in [0.1, 0.15) is 47.7 Å². The molecule has 2 heteroatoms. The SMILES string of the molecule is C=C(/C=C/c1ccc(-c2c3c(c(C4=CC5CC5(/C=C/c5ccccn5)C=C4)c4ccccc24)C=CCC3)cc1)N=C/C=C\C. The van der Waals surface area contributed by atoms with Gasteiger partial charge < -0.3 is 0 Å². The summed E-state index contributed by atoms with van der Waals surface area (Å²) in [4.78, 5) is 8.82. The van der Waals surface area contributed by atoms with Crippen LogP contribution in [-0.4, -0.2) is 11.2 Å². The number of fused-ring (bicyclic) bond motifs is 3. The van der Waals surface area contributed by atoms with E-state index >= 15 is 0 Å². The molecule has 1 heterocycles. The third-order valence-electron chi connectivity index (χ3n) is 8.99. The van der Waals surface area contributed by atoms with E-state index in [0.717, 1.165) is 36.2 Å². The maximum Gasteiger partial charge on any atom is 0.0626 e. The van der Waals surface area contributed by atoms with Crippen molar-refractivity contribution in [2.24, 2.45) is 16.3 Å². The van der Waals surface area contributed by atoms with Crippen LogP contribution in [0.15, 0.2) is 139 Å². The Labute approximate surface area is 260 Å². The lowest BCUT2D eigenvalue weighted by Crippen LogP contribution is -2.06. The van der Waals surface area contributed by atoms with Gasteiger partial charge in [0.25, 0.3) is 0 Å². The molecule has 2 atom stereocenters. The van der Waals surface area contributed by atoms with Crippen LogP contribution in [0.5, 0.6) is 0 Å². The van der Waals surface area contributed by atoms with Crippen molar-refractivity contribution in [3.05, 3.63) is 162 Å². The average Bonchev–Trinajstić information content (AvgIpc) is 3.80. The number of aliphatic imine (C=N–C) groups is 1. The molecule has 3 aromatic carbocycles. The van der Waals surface area contributed by atoms with Crippen molar-refractivity contribution in [3.63, 3.8) is 0 Å². The summed E-state index contributed by atoms with van der Waals surface area (Å²) < 4.78 is 0. The van der Waals surface area contributed by atoms with Crippen molar-refractivity contribution in [2.45, 2.75) is 26.2 Å². The summed E-state index contributed by atoms with van der Waals surface area (Å²) in [6, 6.07) is 23.9. The summed E-state index contributed by atoms with van der Waals surface area (Å²) in [6.45, 7) is 6.00. The highest BCUT2D eigenvalue weighted by atomic mass is 14.7. The van der Waals surface area contributed by atoms with E-state index < -0.39 is 0 Å². The monoisotopic (exact) mass is 568 g/mol. The summed E-state index contributed by atoms with van der Waals surface area (Å²) in [5.74, 6) is 0.523. The standard InChI is InChI=1S/C42H36N2/c1-3-4-26-43-30(2)16-17-31-18-20-32(21-19-31)40-36-12-5-7-14-38(36)41(39-15-8-6-13-37(39)40)33-22-24-42(29-34(42)28-33)25-23-35-11-9-10-27-44-35/h3-5,7-12,14-28,34H,2,6,13,29H2,1H3/b4-3-,17-16+,25-23+,43-26?. The topological polar surface area (TPSA) is 25.2 Å². The summed E-state index contributed by atoms with van der Waals surface area (Å²) >= 11 is 0. The molecule has 1 saturated carbocycles. The average molecular weight is 569 g/mol. The fourth-order valence-electron chi connectivity index (χ4n) is 6.62. The fraction of sp³-hybridized carbons (Fsp3) is 0.143. The lowest BCUT2D eigenvalue weighted by Gasteiger charge is -2.25. The molecule has 1 aromatic heterocycles. The number of pyridine rings is 1. The molecule has 0 radical (unpaired) electrons. The van der Waals surface area contributed by atoms with Crippen LogP contribution in [0.25, 0.3) is 45.7 Å². The first kappa shape index (κ1) is 27.7. The van der Waals surface area contributed by atoms with Gasteiger partial charge in [-0.3, -0.25) is 9.98 Å². The summed E-state index contributed by atoms with van der Waals surface area (Å²) in [6.07, 6.45) is 31.3. The van der Waals surface area contributed by atoms with Gasteiger partial charge in [-0.2, -0.15) is 0 Å². The maximum atomic E-state index is 4.48. The Kier molecular flexibility index (Phi) is 7.50. The molecule has 2 unspecified atom stereocenters.